The zero-order valence-corrected chi connectivity index (χ0v) is 11.9. The van der Waals surface area contributed by atoms with Gasteiger partial charge in [-0.15, -0.1) is 0 Å². The Morgan fingerprint density at radius 1 is 1.30 bits per heavy atom. The quantitative estimate of drug-likeness (QED) is 0.860. The van der Waals surface area contributed by atoms with Crippen molar-refractivity contribution >= 4 is 16.9 Å². The largest absolute Gasteiger partial charge is 0.490 e. The number of nitrogens with zero attached hydrogens (tertiary/aromatic N) is 1. The van der Waals surface area contributed by atoms with E-state index in [4.69, 9.17) is 9.15 Å². The summed E-state index contributed by atoms with van der Waals surface area (Å²) in [5.74, 6) is 0.781. The molecule has 1 aromatic carbocycles. The van der Waals surface area contributed by atoms with Gasteiger partial charge in [-0.3, -0.25) is 4.79 Å². The lowest BCUT2D eigenvalue weighted by Gasteiger charge is -2.17. The van der Waals surface area contributed by atoms with E-state index in [1.54, 1.807) is 6.26 Å². The van der Waals surface area contributed by atoms with Crippen LogP contribution in [-0.2, 0) is 0 Å². The maximum Gasteiger partial charge on any atom is 0.254 e. The second kappa shape index (κ2) is 5.19. The third-order valence-electron chi connectivity index (χ3n) is 3.54. The van der Waals surface area contributed by atoms with Gasteiger partial charge in [-0.2, -0.15) is 0 Å². The molecule has 0 atom stereocenters. The standard InChI is InChI=1S/C16H19NO3/c1-11(2)20-15-10-12(9-14-13(15)5-8-19-14)16(18)17-6-3-4-7-17/h5,8-11H,3-4,6-7H2,1-2H3. The van der Waals surface area contributed by atoms with Crippen molar-refractivity contribution in [3.63, 3.8) is 0 Å². The van der Waals surface area contributed by atoms with Gasteiger partial charge in [0.1, 0.15) is 11.3 Å². The minimum absolute atomic E-state index is 0.0604. The molecule has 4 heteroatoms. The van der Waals surface area contributed by atoms with Crippen LogP contribution in [0.3, 0.4) is 0 Å². The van der Waals surface area contributed by atoms with E-state index in [-0.39, 0.29) is 12.0 Å². The van der Waals surface area contributed by atoms with E-state index in [2.05, 4.69) is 0 Å². The van der Waals surface area contributed by atoms with Crippen LogP contribution in [0.4, 0.5) is 0 Å². The summed E-state index contributed by atoms with van der Waals surface area (Å²) in [5.41, 5.74) is 1.34. The Labute approximate surface area is 118 Å². The summed E-state index contributed by atoms with van der Waals surface area (Å²) >= 11 is 0. The Balaban J connectivity index is 2.00. The third-order valence-corrected chi connectivity index (χ3v) is 3.54. The number of fused-ring (bicyclic) bond motifs is 1. The highest BCUT2D eigenvalue weighted by molar-refractivity contribution is 5.99. The van der Waals surface area contributed by atoms with Crippen molar-refractivity contribution in [1.82, 2.24) is 4.90 Å². The van der Waals surface area contributed by atoms with Crippen molar-refractivity contribution in [2.75, 3.05) is 13.1 Å². The molecule has 2 heterocycles. The van der Waals surface area contributed by atoms with Crippen molar-refractivity contribution in [1.29, 1.82) is 0 Å². The molecule has 1 aromatic heterocycles. The molecule has 0 aliphatic carbocycles. The zero-order valence-electron chi connectivity index (χ0n) is 11.9. The van der Waals surface area contributed by atoms with Crippen molar-refractivity contribution in [3.05, 3.63) is 30.0 Å². The summed E-state index contributed by atoms with van der Waals surface area (Å²) in [6.07, 6.45) is 3.86. The van der Waals surface area contributed by atoms with Gasteiger partial charge in [0.2, 0.25) is 0 Å². The van der Waals surface area contributed by atoms with Gasteiger partial charge < -0.3 is 14.1 Å². The fourth-order valence-corrected chi connectivity index (χ4v) is 2.62. The topological polar surface area (TPSA) is 42.7 Å². The molecule has 0 radical (unpaired) electrons. The van der Waals surface area contributed by atoms with E-state index in [1.807, 2.05) is 36.9 Å². The predicted octanol–water partition coefficient (Wildman–Crippen LogP) is 3.46. The molecule has 0 spiro atoms. The molecule has 1 aliphatic rings. The van der Waals surface area contributed by atoms with E-state index < -0.39 is 0 Å². The molecule has 3 rings (SSSR count). The van der Waals surface area contributed by atoms with Gasteiger partial charge in [-0.05, 0) is 44.9 Å². The summed E-state index contributed by atoms with van der Waals surface area (Å²) in [4.78, 5) is 14.4. The molecule has 0 bridgehead atoms. The second-order valence-electron chi connectivity index (χ2n) is 5.47. The molecule has 0 saturated carbocycles. The smallest absolute Gasteiger partial charge is 0.254 e. The summed E-state index contributed by atoms with van der Waals surface area (Å²) in [5, 5.41) is 0.914. The van der Waals surface area contributed by atoms with Crippen molar-refractivity contribution < 1.29 is 13.9 Å². The normalized spacial score (nSPS) is 15.2. The summed E-state index contributed by atoms with van der Waals surface area (Å²) in [6, 6.07) is 5.51. The Kier molecular flexibility index (Phi) is 3.38. The minimum atomic E-state index is 0.0604. The minimum Gasteiger partial charge on any atom is -0.490 e. The molecule has 106 valence electrons. The van der Waals surface area contributed by atoms with Crippen LogP contribution in [0.15, 0.2) is 28.9 Å². The van der Waals surface area contributed by atoms with Crippen LogP contribution in [0.5, 0.6) is 5.75 Å². The van der Waals surface area contributed by atoms with E-state index in [9.17, 15) is 4.79 Å². The summed E-state index contributed by atoms with van der Waals surface area (Å²) < 4.78 is 11.3. The van der Waals surface area contributed by atoms with Gasteiger partial charge in [0.15, 0.2) is 0 Å². The van der Waals surface area contributed by atoms with Gasteiger partial charge in [0, 0.05) is 18.7 Å². The van der Waals surface area contributed by atoms with E-state index in [0.29, 0.717) is 16.9 Å². The van der Waals surface area contributed by atoms with Crippen LogP contribution in [0.1, 0.15) is 37.0 Å². The monoisotopic (exact) mass is 273 g/mol. The number of rotatable bonds is 3. The molecule has 1 amide bonds. The number of ether oxygens (including phenoxy) is 1. The predicted molar refractivity (Wildman–Crippen MR) is 77.1 cm³/mol. The zero-order chi connectivity index (χ0) is 14.1. The summed E-state index contributed by atoms with van der Waals surface area (Å²) in [7, 11) is 0. The van der Waals surface area contributed by atoms with E-state index in [1.165, 1.54) is 0 Å². The van der Waals surface area contributed by atoms with Crippen molar-refractivity contribution in [2.24, 2.45) is 0 Å². The maximum absolute atomic E-state index is 12.5. The highest BCUT2D eigenvalue weighted by Crippen LogP contribution is 2.30. The van der Waals surface area contributed by atoms with Crippen LogP contribution >= 0.6 is 0 Å². The Morgan fingerprint density at radius 2 is 2.05 bits per heavy atom. The molecule has 0 unspecified atom stereocenters. The first-order chi connectivity index (χ1) is 9.65. The Morgan fingerprint density at radius 3 is 2.75 bits per heavy atom. The Bertz CT molecular complexity index is 624. The second-order valence-corrected chi connectivity index (χ2v) is 5.47. The van der Waals surface area contributed by atoms with Crippen LogP contribution in [0, 0.1) is 0 Å². The average molecular weight is 273 g/mol. The first-order valence-electron chi connectivity index (χ1n) is 7.12. The molecule has 0 N–H and O–H groups in total. The fraction of sp³-hybridized carbons (Fsp3) is 0.438. The van der Waals surface area contributed by atoms with E-state index in [0.717, 1.165) is 31.3 Å². The molecule has 1 fully saturated rings. The lowest BCUT2D eigenvalue weighted by Crippen LogP contribution is -2.27. The van der Waals surface area contributed by atoms with Gasteiger partial charge in [-0.1, -0.05) is 0 Å². The summed E-state index contributed by atoms with van der Waals surface area (Å²) in [6.45, 7) is 5.63. The molecule has 1 aliphatic heterocycles. The molecule has 2 aromatic rings. The van der Waals surface area contributed by atoms with Crippen molar-refractivity contribution in [3.8, 4) is 5.75 Å². The molecular weight excluding hydrogens is 254 g/mol. The third kappa shape index (κ3) is 2.38. The van der Waals surface area contributed by atoms with Crippen LogP contribution in [0.25, 0.3) is 11.0 Å². The number of benzene rings is 1. The van der Waals surface area contributed by atoms with Crippen LogP contribution < -0.4 is 4.74 Å². The number of hydrogen-bond acceptors (Lipinski definition) is 3. The number of amides is 1. The lowest BCUT2D eigenvalue weighted by atomic mass is 10.1. The highest BCUT2D eigenvalue weighted by Gasteiger charge is 2.21. The molecule has 20 heavy (non-hydrogen) atoms. The maximum atomic E-state index is 12.5. The van der Waals surface area contributed by atoms with Crippen molar-refractivity contribution in [2.45, 2.75) is 32.8 Å². The van der Waals surface area contributed by atoms with Gasteiger partial charge in [0.05, 0.1) is 17.8 Å². The molecular formula is C16H19NO3. The SMILES string of the molecule is CC(C)Oc1cc(C(=O)N2CCCC2)cc2occc12. The average Bonchev–Trinajstić information content (AvgIpc) is 3.08. The Hall–Kier alpha value is -1.97. The number of hydrogen-bond donors (Lipinski definition) is 0. The molecule has 1 saturated heterocycles. The first-order valence-corrected chi connectivity index (χ1v) is 7.12. The number of carbonyl (C=O) groups excluding carboxylic acids is 1. The van der Waals surface area contributed by atoms with Crippen LogP contribution in [0.2, 0.25) is 0 Å². The van der Waals surface area contributed by atoms with Gasteiger partial charge >= 0.3 is 0 Å². The van der Waals surface area contributed by atoms with Crippen LogP contribution in [-0.4, -0.2) is 30.0 Å². The van der Waals surface area contributed by atoms with Gasteiger partial charge in [0.25, 0.3) is 5.91 Å². The van der Waals surface area contributed by atoms with E-state index >= 15 is 0 Å². The molecule has 4 nitrogen and oxygen atoms in total. The first kappa shape index (κ1) is 13.0. The lowest BCUT2D eigenvalue weighted by molar-refractivity contribution is 0.0792. The number of likely N-dealkylation sites (tertiary alicyclic amines) is 1. The number of furan rings is 1. The van der Waals surface area contributed by atoms with Gasteiger partial charge in [-0.25, -0.2) is 0 Å². The highest BCUT2D eigenvalue weighted by atomic mass is 16.5. The fourth-order valence-electron chi connectivity index (χ4n) is 2.62. The number of carbonyl (C=O) groups is 1.